The van der Waals surface area contributed by atoms with Gasteiger partial charge in [0.05, 0.1) is 5.39 Å². The summed E-state index contributed by atoms with van der Waals surface area (Å²) in [6, 6.07) is 3.52. The average Bonchev–Trinajstić information content (AvgIpc) is 2.75. The number of carboxylic acids is 1. The second-order valence-electron chi connectivity index (χ2n) is 4.51. The molecule has 0 unspecified atom stereocenters. The first kappa shape index (κ1) is 14.5. The standard InChI is InChI=1S/C13H17N3O3S/c17-11(18)7-3-1-2-4-9-15-16-13(19)10-6-5-8-14-12(10)20-16/h5-6,8,15H,1-4,7,9H2,(H,17,18). The van der Waals surface area contributed by atoms with Crippen LogP contribution in [-0.4, -0.2) is 26.7 Å². The van der Waals surface area contributed by atoms with Gasteiger partial charge in [-0.3, -0.25) is 9.59 Å². The van der Waals surface area contributed by atoms with E-state index >= 15 is 0 Å². The van der Waals surface area contributed by atoms with Gasteiger partial charge in [-0.1, -0.05) is 12.8 Å². The number of pyridine rings is 1. The number of carboxylic acid groups (broad SMARTS) is 1. The van der Waals surface area contributed by atoms with E-state index < -0.39 is 5.97 Å². The Morgan fingerprint density at radius 3 is 2.90 bits per heavy atom. The maximum Gasteiger partial charge on any atom is 0.303 e. The summed E-state index contributed by atoms with van der Waals surface area (Å²) in [6.07, 6.45) is 5.38. The van der Waals surface area contributed by atoms with Gasteiger partial charge in [-0.05, 0) is 36.5 Å². The predicted molar refractivity (Wildman–Crippen MR) is 78.8 cm³/mol. The fourth-order valence-electron chi connectivity index (χ4n) is 1.90. The van der Waals surface area contributed by atoms with E-state index in [0.29, 0.717) is 18.4 Å². The van der Waals surface area contributed by atoms with Crippen LogP contribution in [0.15, 0.2) is 23.1 Å². The third kappa shape index (κ3) is 3.80. The van der Waals surface area contributed by atoms with Crippen molar-refractivity contribution in [2.24, 2.45) is 0 Å². The quantitative estimate of drug-likeness (QED) is 0.728. The molecule has 0 aliphatic heterocycles. The van der Waals surface area contributed by atoms with Crippen molar-refractivity contribution in [1.82, 2.24) is 9.05 Å². The minimum atomic E-state index is -0.743. The first-order chi connectivity index (χ1) is 9.68. The van der Waals surface area contributed by atoms with Crippen molar-refractivity contribution in [3.63, 3.8) is 0 Å². The molecule has 7 heteroatoms. The van der Waals surface area contributed by atoms with Crippen LogP contribution < -0.4 is 11.0 Å². The fraction of sp³-hybridized carbons (Fsp3) is 0.462. The lowest BCUT2D eigenvalue weighted by atomic mass is 10.1. The summed E-state index contributed by atoms with van der Waals surface area (Å²) in [7, 11) is 0. The van der Waals surface area contributed by atoms with E-state index in [-0.39, 0.29) is 12.0 Å². The summed E-state index contributed by atoms with van der Waals surface area (Å²) in [5.74, 6) is -0.743. The Balaban J connectivity index is 1.75. The lowest BCUT2D eigenvalue weighted by Crippen LogP contribution is -2.24. The number of fused-ring (bicyclic) bond motifs is 1. The minimum Gasteiger partial charge on any atom is -0.481 e. The van der Waals surface area contributed by atoms with E-state index in [1.54, 1.807) is 18.3 Å². The molecule has 0 atom stereocenters. The molecule has 0 radical (unpaired) electrons. The highest BCUT2D eigenvalue weighted by atomic mass is 32.1. The molecule has 0 bridgehead atoms. The summed E-state index contributed by atoms with van der Waals surface area (Å²) >= 11 is 1.30. The third-order valence-corrected chi connectivity index (χ3v) is 3.91. The first-order valence-corrected chi connectivity index (χ1v) is 7.38. The van der Waals surface area contributed by atoms with Crippen LogP contribution in [-0.2, 0) is 4.79 Å². The molecule has 20 heavy (non-hydrogen) atoms. The zero-order valence-electron chi connectivity index (χ0n) is 11.0. The summed E-state index contributed by atoms with van der Waals surface area (Å²) in [5.41, 5.74) is 3.00. The van der Waals surface area contributed by atoms with Crippen molar-refractivity contribution in [2.75, 3.05) is 12.0 Å². The molecule has 0 aliphatic rings. The van der Waals surface area contributed by atoms with Gasteiger partial charge in [-0.2, -0.15) is 4.07 Å². The second-order valence-corrected chi connectivity index (χ2v) is 5.45. The van der Waals surface area contributed by atoms with Gasteiger partial charge in [0.1, 0.15) is 4.83 Å². The Kier molecular flexibility index (Phi) is 5.11. The topological polar surface area (TPSA) is 84.2 Å². The lowest BCUT2D eigenvalue weighted by Gasteiger charge is -2.04. The SMILES string of the molecule is O=C(O)CCCCCCNn1sc2ncccc2c1=O. The highest BCUT2D eigenvalue weighted by molar-refractivity contribution is 7.13. The highest BCUT2D eigenvalue weighted by Gasteiger charge is 2.06. The molecular weight excluding hydrogens is 278 g/mol. The number of nitrogens with zero attached hydrogens (tertiary/aromatic N) is 2. The van der Waals surface area contributed by atoms with Crippen LogP contribution in [0.2, 0.25) is 0 Å². The fourth-order valence-corrected chi connectivity index (χ4v) is 2.77. The van der Waals surface area contributed by atoms with Crippen LogP contribution in [0.3, 0.4) is 0 Å². The number of nitrogens with one attached hydrogen (secondary N) is 1. The van der Waals surface area contributed by atoms with E-state index in [2.05, 4.69) is 10.4 Å². The van der Waals surface area contributed by atoms with E-state index in [4.69, 9.17) is 5.11 Å². The van der Waals surface area contributed by atoms with E-state index in [1.165, 1.54) is 15.6 Å². The Morgan fingerprint density at radius 2 is 2.15 bits per heavy atom. The van der Waals surface area contributed by atoms with Crippen LogP contribution in [0.5, 0.6) is 0 Å². The van der Waals surface area contributed by atoms with Gasteiger partial charge in [0.2, 0.25) is 0 Å². The molecule has 2 aromatic heterocycles. The van der Waals surface area contributed by atoms with Crippen molar-refractivity contribution in [3.8, 4) is 0 Å². The molecule has 2 heterocycles. The largest absolute Gasteiger partial charge is 0.481 e. The van der Waals surface area contributed by atoms with Crippen molar-refractivity contribution >= 4 is 27.7 Å². The molecule has 2 rings (SSSR count). The van der Waals surface area contributed by atoms with Crippen LogP contribution in [0.4, 0.5) is 0 Å². The molecule has 2 aromatic rings. The number of hydrogen-bond acceptors (Lipinski definition) is 5. The first-order valence-electron chi connectivity index (χ1n) is 6.61. The lowest BCUT2D eigenvalue weighted by molar-refractivity contribution is -0.137. The molecule has 0 spiro atoms. The van der Waals surface area contributed by atoms with Gasteiger partial charge in [0.25, 0.3) is 5.56 Å². The molecule has 6 nitrogen and oxygen atoms in total. The zero-order chi connectivity index (χ0) is 14.4. The van der Waals surface area contributed by atoms with Crippen LogP contribution in [0.25, 0.3) is 10.2 Å². The molecule has 0 aliphatic carbocycles. The molecular formula is C13H17N3O3S. The molecule has 2 N–H and O–H groups in total. The molecule has 0 aromatic carbocycles. The second kappa shape index (κ2) is 7.04. The number of aromatic nitrogens is 2. The Morgan fingerprint density at radius 1 is 1.35 bits per heavy atom. The van der Waals surface area contributed by atoms with Crippen molar-refractivity contribution in [3.05, 3.63) is 28.7 Å². The molecule has 108 valence electrons. The van der Waals surface area contributed by atoms with E-state index in [1.807, 2.05) is 0 Å². The van der Waals surface area contributed by atoms with Crippen molar-refractivity contribution in [2.45, 2.75) is 32.1 Å². The monoisotopic (exact) mass is 295 g/mol. The average molecular weight is 295 g/mol. The number of unbranched alkanes of at least 4 members (excludes halogenated alkanes) is 3. The maximum atomic E-state index is 12.0. The summed E-state index contributed by atoms with van der Waals surface area (Å²) in [6.45, 7) is 0.694. The number of rotatable bonds is 8. The molecule has 0 saturated heterocycles. The van der Waals surface area contributed by atoms with Crippen LogP contribution in [0.1, 0.15) is 32.1 Å². The third-order valence-electron chi connectivity index (χ3n) is 2.94. The van der Waals surface area contributed by atoms with Crippen LogP contribution in [0, 0.1) is 0 Å². The Hall–Kier alpha value is -1.89. The number of aliphatic carboxylic acids is 1. The zero-order valence-corrected chi connectivity index (χ0v) is 11.9. The molecule has 0 fully saturated rings. The summed E-state index contributed by atoms with van der Waals surface area (Å²) in [4.78, 5) is 27.2. The van der Waals surface area contributed by atoms with Gasteiger partial charge in [0.15, 0.2) is 0 Å². The van der Waals surface area contributed by atoms with Crippen molar-refractivity contribution in [1.29, 1.82) is 0 Å². The Labute approximate surface area is 120 Å². The van der Waals surface area contributed by atoms with Gasteiger partial charge in [-0.15, -0.1) is 0 Å². The van der Waals surface area contributed by atoms with Gasteiger partial charge < -0.3 is 10.5 Å². The van der Waals surface area contributed by atoms with Gasteiger partial charge in [-0.25, -0.2) is 4.98 Å². The normalized spacial score (nSPS) is 10.8. The number of hydrogen-bond donors (Lipinski definition) is 2. The van der Waals surface area contributed by atoms with Crippen molar-refractivity contribution < 1.29 is 9.90 Å². The van der Waals surface area contributed by atoms with Gasteiger partial charge in [0, 0.05) is 19.2 Å². The number of carbonyl (C=O) groups is 1. The minimum absolute atomic E-state index is 0.0658. The summed E-state index contributed by atoms with van der Waals surface area (Å²) in [5, 5.41) is 9.14. The predicted octanol–water partition coefficient (Wildman–Crippen LogP) is 2.04. The molecule has 0 saturated carbocycles. The van der Waals surface area contributed by atoms with Crippen LogP contribution >= 0.6 is 11.5 Å². The van der Waals surface area contributed by atoms with E-state index in [9.17, 15) is 9.59 Å². The maximum absolute atomic E-state index is 12.0. The Bertz CT molecular complexity index is 635. The summed E-state index contributed by atoms with van der Waals surface area (Å²) < 4.78 is 1.51. The highest BCUT2D eigenvalue weighted by Crippen LogP contribution is 2.11. The smallest absolute Gasteiger partial charge is 0.303 e. The van der Waals surface area contributed by atoms with Gasteiger partial charge >= 0.3 is 5.97 Å². The van der Waals surface area contributed by atoms with E-state index in [0.717, 1.165) is 24.1 Å². The molecule has 0 amide bonds.